The van der Waals surface area contributed by atoms with Crippen molar-refractivity contribution in [1.82, 2.24) is 9.80 Å². The third-order valence-electron chi connectivity index (χ3n) is 5.04. The van der Waals surface area contributed by atoms with Crippen LogP contribution < -0.4 is 0 Å². The minimum atomic E-state index is 0.234. The number of rotatable bonds is 8. The largest absolute Gasteiger partial charge is 0.383 e. The fourth-order valence-electron chi connectivity index (χ4n) is 3.76. The molecule has 22 heavy (non-hydrogen) atoms. The molecule has 2 saturated heterocycles. The third kappa shape index (κ3) is 5.30. The van der Waals surface area contributed by atoms with Crippen molar-refractivity contribution in [3.05, 3.63) is 0 Å². The lowest BCUT2D eigenvalue weighted by molar-refractivity contribution is -0.130. The fourth-order valence-corrected chi connectivity index (χ4v) is 3.76. The highest BCUT2D eigenvalue weighted by Crippen LogP contribution is 2.25. The average Bonchev–Trinajstić information content (AvgIpc) is 2.58. The molecule has 0 N–H and O–H groups in total. The van der Waals surface area contributed by atoms with Gasteiger partial charge in [0.2, 0.25) is 0 Å². The van der Waals surface area contributed by atoms with Gasteiger partial charge in [0, 0.05) is 52.2 Å². The highest BCUT2D eigenvalue weighted by Gasteiger charge is 2.33. The first-order chi connectivity index (χ1) is 10.7. The molecule has 0 aromatic heterocycles. The summed E-state index contributed by atoms with van der Waals surface area (Å²) in [6.45, 7) is 7.49. The van der Waals surface area contributed by atoms with Gasteiger partial charge >= 0.3 is 0 Å². The van der Waals surface area contributed by atoms with Crippen LogP contribution in [0, 0.1) is 11.8 Å². The van der Waals surface area contributed by atoms with Gasteiger partial charge in [-0.3, -0.25) is 4.79 Å². The van der Waals surface area contributed by atoms with Crippen molar-refractivity contribution < 1.29 is 14.3 Å². The van der Waals surface area contributed by atoms with Gasteiger partial charge in [0.15, 0.2) is 0 Å². The minimum Gasteiger partial charge on any atom is -0.383 e. The molecule has 2 unspecified atom stereocenters. The van der Waals surface area contributed by atoms with Crippen LogP contribution in [0.4, 0.5) is 0 Å². The van der Waals surface area contributed by atoms with E-state index in [9.17, 15) is 4.79 Å². The molecule has 0 saturated carbocycles. The lowest BCUT2D eigenvalue weighted by Gasteiger charge is -2.36. The summed E-state index contributed by atoms with van der Waals surface area (Å²) in [6, 6.07) is 0. The van der Waals surface area contributed by atoms with Crippen LogP contribution in [0.2, 0.25) is 0 Å². The summed E-state index contributed by atoms with van der Waals surface area (Å²) in [5, 5.41) is 0. The standard InChI is InChI=1S/C17H32N2O3/c1-21-11-9-18-7-3-5-15(13-18)17(20)16-6-4-8-19(14-16)10-12-22-2/h15-16H,3-14H2,1-2H3. The number of ether oxygens (including phenoxy) is 2. The zero-order valence-corrected chi connectivity index (χ0v) is 14.3. The summed E-state index contributed by atoms with van der Waals surface area (Å²) < 4.78 is 10.3. The number of methoxy groups -OCH3 is 2. The van der Waals surface area contributed by atoms with Gasteiger partial charge in [0.25, 0.3) is 0 Å². The fraction of sp³-hybridized carbons (Fsp3) is 0.941. The molecule has 2 heterocycles. The highest BCUT2D eigenvalue weighted by molar-refractivity contribution is 5.84. The van der Waals surface area contributed by atoms with Gasteiger partial charge in [-0.05, 0) is 38.8 Å². The van der Waals surface area contributed by atoms with Crippen molar-refractivity contribution in [3.8, 4) is 0 Å². The molecule has 2 aliphatic heterocycles. The Kier molecular flexibility index (Phi) is 7.80. The van der Waals surface area contributed by atoms with E-state index < -0.39 is 0 Å². The van der Waals surface area contributed by atoms with Crippen LogP contribution in [0.3, 0.4) is 0 Å². The molecule has 0 aromatic rings. The molecule has 0 amide bonds. The number of hydrogen-bond donors (Lipinski definition) is 0. The average molecular weight is 312 g/mol. The summed E-state index contributed by atoms with van der Waals surface area (Å²) in [5.74, 6) is 0.972. The Morgan fingerprint density at radius 3 is 1.77 bits per heavy atom. The molecule has 0 bridgehead atoms. The molecule has 2 fully saturated rings. The topological polar surface area (TPSA) is 42.0 Å². The molecule has 2 atom stereocenters. The SMILES string of the molecule is COCCN1CCCC(C(=O)C2CCCN(CCOC)C2)C1. The van der Waals surface area contributed by atoms with Crippen molar-refractivity contribution in [2.24, 2.45) is 11.8 Å². The number of carbonyl (C=O) groups excluding carboxylic acids is 1. The van der Waals surface area contributed by atoms with Crippen molar-refractivity contribution in [1.29, 1.82) is 0 Å². The van der Waals surface area contributed by atoms with Gasteiger partial charge in [0.1, 0.15) is 5.78 Å². The van der Waals surface area contributed by atoms with Gasteiger partial charge in [-0.1, -0.05) is 0 Å². The second-order valence-corrected chi connectivity index (χ2v) is 6.67. The van der Waals surface area contributed by atoms with E-state index in [1.807, 2.05) is 0 Å². The number of carbonyl (C=O) groups is 1. The van der Waals surface area contributed by atoms with Crippen LogP contribution in [-0.2, 0) is 14.3 Å². The first kappa shape index (κ1) is 17.9. The molecular weight excluding hydrogens is 280 g/mol. The van der Waals surface area contributed by atoms with Crippen molar-refractivity contribution >= 4 is 5.78 Å². The van der Waals surface area contributed by atoms with E-state index in [0.29, 0.717) is 5.78 Å². The number of piperidine rings is 2. The summed E-state index contributed by atoms with van der Waals surface area (Å²) in [4.78, 5) is 17.7. The lowest BCUT2D eigenvalue weighted by Crippen LogP contribution is -2.46. The summed E-state index contributed by atoms with van der Waals surface area (Å²) >= 11 is 0. The van der Waals surface area contributed by atoms with E-state index in [1.165, 1.54) is 0 Å². The van der Waals surface area contributed by atoms with E-state index in [-0.39, 0.29) is 11.8 Å². The van der Waals surface area contributed by atoms with Crippen molar-refractivity contribution in [2.75, 3.05) is 66.7 Å². The van der Waals surface area contributed by atoms with Crippen LogP contribution in [0.1, 0.15) is 25.7 Å². The Labute approximate surface area is 134 Å². The molecule has 128 valence electrons. The number of Topliss-reactive ketones (excluding diaryl/α,β-unsaturated/α-hetero) is 1. The van der Waals surface area contributed by atoms with Crippen LogP contribution in [0.25, 0.3) is 0 Å². The summed E-state index contributed by atoms with van der Waals surface area (Å²) in [6.07, 6.45) is 4.41. The van der Waals surface area contributed by atoms with Crippen LogP contribution in [0.15, 0.2) is 0 Å². The molecular formula is C17H32N2O3. The Bertz CT molecular complexity index is 308. The molecule has 0 aromatic carbocycles. The smallest absolute Gasteiger partial charge is 0.141 e. The van der Waals surface area contributed by atoms with Gasteiger partial charge in [-0.15, -0.1) is 0 Å². The van der Waals surface area contributed by atoms with Gasteiger partial charge < -0.3 is 19.3 Å². The Morgan fingerprint density at radius 1 is 0.909 bits per heavy atom. The first-order valence-electron chi connectivity index (χ1n) is 8.71. The van der Waals surface area contributed by atoms with E-state index in [2.05, 4.69) is 9.80 Å². The molecule has 5 nitrogen and oxygen atoms in total. The maximum Gasteiger partial charge on any atom is 0.141 e. The second kappa shape index (κ2) is 9.60. The molecule has 2 aliphatic rings. The minimum absolute atomic E-state index is 0.234. The predicted octanol–water partition coefficient (Wildman–Crippen LogP) is 1.27. The maximum absolute atomic E-state index is 12.9. The normalized spacial score (nSPS) is 27.9. The predicted molar refractivity (Wildman–Crippen MR) is 87.1 cm³/mol. The number of ketones is 1. The van der Waals surface area contributed by atoms with Crippen LogP contribution in [0.5, 0.6) is 0 Å². The number of hydrogen-bond acceptors (Lipinski definition) is 5. The van der Waals surface area contributed by atoms with E-state index in [0.717, 1.165) is 78.2 Å². The summed E-state index contributed by atoms with van der Waals surface area (Å²) in [7, 11) is 3.48. The molecule has 5 heteroatoms. The highest BCUT2D eigenvalue weighted by atomic mass is 16.5. The lowest BCUT2D eigenvalue weighted by atomic mass is 9.83. The van der Waals surface area contributed by atoms with Crippen molar-refractivity contribution in [3.63, 3.8) is 0 Å². The van der Waals surface area contributed by atoms with E-state index >= 15 is 0 Å². The second-order valence-electron chi connectivity index (χ2n) is 6.67. The number of nitrogens with zero attached hydrogens (tertiary/aromatic N) is 2. The van der Waals surface area contributed by atoms with Crippen molar-refractivity contribution in [2.45, 2.75) is 25.7 Å². The van der Waals surface area contributed by atoms with E-state index in [1.54, 1.807) is 14.2 Å². The Morgan fingerprint density at radius 2 is 1.36 bits per heavy atom. The maximum atomic E-state index is 12.9. The Balaban J connectivity index is 1.81. The molecule has 2 rings (SSSR count). The monoisotopic (exact) mass is 312 g/mol. The van der Waals surface area contributed by atoms with Gasteiger partial charge in [-0.2, -0.15) is 0 Å². The summed E-state index contributed by atoms with van der Waals surface area (Å²) in [5.41, 5.74) is 0. The zero-order chi connectivity index (χ0) is 15.8. The van der Waals surface area contributed by atoms with Crippen LogP contribution in [-0.4, -0.2) is 82.3 Å². The first-order valence-corrected chi connectivity index (χ1v) is 8.71. The quantitative estimate of drug-likeness (QED) is 0.675. The van der Waals surface area contributed by atoms with Gasteiger partial charge in [-0.25, -0.2) is 0 Å². The molecule has 0 aliphatic carbocycles. The van der Waals surface area contributed by atoms with Gasteiger partial charge in [0.05, 0.1) is 13.2 Å². The number of likely N-dealkylation sites (tertiary alicyclic amines) is 2. The third-order valence-corrected chi connectivity index (χ3v) is 5.04. The molecule has 0 radical (unpaired) electrons. The van der Waals surface area contributed by atoms with E-state index in [4.69, 9.17) is 9.47 Å². The Hall–Kier alpha value is -0.490. The van der Waals surface area contributed by atoms with Crippen LogP contribution >= 0.6 is 0 Å². The zero-order valence-electron chi connectivity index (χ0n) is 14.3. The molecule has 0 spiro atoms.